The number of amidine groups is 1. The van der Waals surface area contributed by atoms with Crippen molar-refractivity contribution < 1.29 is 14.2 Å². The number of hydrazone groups is 1. The first-order valence-corrected chi connectivity index (χ1v) is 11.1. The Kier molecular flexibility index (Phi) is 5.03. The van der Waals surface area contributed by atoms with Gasteiger partial charge in [0.2, 0.25) is 6.79 Å². The number of methoxy groups -OCH3 is 1. The lowest BCUT2D eigenvalue weighted by Crippen LogP contribution is -2.35. The van der Waals surface area contributed by atoms with Crippen LogP contribution >= 0.6 is 0 Å². The first-order chi connectivity index (χ1) is 16.8. The zero-order chi connectivity index (χ0) is 22.9. The van der Waals surface area contributed by atoms with E-state index in [4.69, 9.17) is 19.3 Å². The summed E-state index contributed by atoms with van der Waals surface area (Å²) in [7, 11) is 1.67. The Hall–Kier alpha value is -4.45. The fourth-order valence-electron chi connectivity index (χ4n) is 4.36. The maximum atomic E-state index is 5.71. The minimum absolute atomic E-state index is 0.236. The van der Waals surface area contributed by atoms with E-state index in [1.165, 1.54) is 0 Å². The number of hydrogen-bond donors (Lipinski definition) is 0. The molecule has 6 rings (SSSR count). The normalized spacial score (nSPS) is 16.5. The summed E-state index contributed by atoms with van der Waals surface area (Å²) in [5.74, 6) is 3.17. The molecule has 0 N–H and O–H groups in total. The molecular formula is C28H23N3O3. The van der Waals surface area contributed by atoms with Crippen molar-refractivity contribution in [2.45, 2.75) is 6.17 Å². The highest BCUT2D eigenvalue weighted by Crippen LogP contribution is 2.43. The Labute approximate surface area is 198 Å². The van der Waals surface area contributed by atoms with E-state index in [1.807, 2.05) is 60.7 Å². The second kappa shape index (κ2) is 8.48. The van der Waals surface area contributed by atoms with Gasteiger partial charge in [0, 0.05) is 16.8 Å². The number of rotatable bonds is 5. The van der Waals surface area contributed by atoms with Gasteiger partial charge in [0.1, 0.15) is 5.75 Å². The van der Waals surface area contributed by atoms with Crippen LogP contribution in [0.25, 0.3) is 0 Å². The summed E-state index contributed by atoms with van der Waals surface area (Å²) < 4.78 is 16.7. The highest BCUT2D eigenvalue weighted by molar-refractivity contribution is 6.12. The lowest BCUT2D eigenvalue weighted by atomic mass is 10.1. The maximum Gasteiger partial charge on any atom is 0.231 e. The number of ether oxygens (including phenoxy) is 3. The van der Waals surface area contributed by atoms with E-state index in [-0.39, 0.29) is 13.0 Å². The van der Waals surface area contributed by atoms with Gasteiger partial charge in [-0.1, -0.05) is 54.6 Å². The Balaban J connectivity index is 1.54. The van der Waals surface area contributed by atoms with Crippen LogP contribution in [0.1, 0.15) is 17.3 Å². The summed E-state index contributed by atoms with van der Waals surface area (Å²) in [5.41, 5.74) is 4.07. The van der Waals surface area contributed by atoms with Gasteiger partial charge in [-0.05, 0) is 48.5 Å². The summed E-state index contributed by atoms with van der Waals surface area (Å²) in [5, 5.41) is 7.21. The molecule has 34 heavy (non-hydrogen) atoms. The van der Waals surface area contributed by atoms with E-state index < -0.39 is 0 Å². The highest BCUT2D eigenvalue weighted by atomic mass is 16.7. The molecule has 0 saturated carbocycles. The largest absolute Gasteiger partial charge is 0.497 e. The zero-order valence-corrected chi connectivity index (χ0v) is 18.7. The Morgan fingerprint density at radius 2 is 1.47 bits per heavy atom. The molecule has 0 amide bonds. The molecule has 0 radical (unpaired) electrons. The van der Waals surface area contributed by atoms with Crippen LogP contribution in [-0.2, 0) is 0 Å². The van der Waals surface area contributed by atoms with E-state index >= 15 is 0 Å². The summed E-state index contributed by atoms with van der Waals surface area (Å²) >= 11 is 0. The standard InChI is InChI=1S/C28H23N3O3/c1-32-24-15-13-22(14-16-24)30-27(20-8-4-2-5-9-20)29-31(23-10-6-3-7-11-23)28(30)21-12-17-25-26(18-21)34-19-33-25/h2-18,28H,19H2,1H3. The summed E-state index contributed by atoms with van der Waals surface area (Å²) in [6.07, 6.45) is -0.236. The molecule has 2 aliphatic heterocycles. The van der Waals surface area contributed by atoms with Crippen LogP contribution in [0.2, 0.25) is 0 Å². The fourth-order valence-corrected chi connectivity index (χ4v) is 4.36. The van der Waals surface area contributed by atoms with Crippen molar-refractivity contribution in [2.75, 3.05) is 23.8 Å². The number of para-hydroxylation sites is 1. The Bertz CT molecular complexity index is 1320. The van der Waals surface area contributed by atoms with Crippen molar-refractivity contribution in [1.82, 2.24) is 0 Å². The lowest BCUT2D eigenvalue weighted by Gasteiger charge is -2.32. The fraction of sp³-hybridized carbons (Fsp3) is 0.107. The Morgan fingerprint density at radius 1 is 0.765 bits per heavy atom. The third-order valence-corrected chi connectivity index (χ3v) is 6.00. The van der Waals surface area contributed by atoms with Gasteiger partial charge in [-0.15, -0.1) is 0 Å². The van der Waals surface area contributed by atoms with Crippen molar-refractivity contribution >= 4 is 17.2 Å². The minimum Gasteiger partial charge on any atom is -0.497 e. The minimum atomic E-state index is -0.236. The van der Waals surface area contributed by atoms with Crippen LogP contribution in [0, 0.1) is 0 Å². The molecule has 0 saturated heterocycles. The number of fused-ring (bicyclic) bond motifs is 1. The molecule has 0 aliphatic carbocycles. The summed E-state index contributed by atoms with van der Waals surface area (Å²) in [4.78, 5) is 2.25. The molecule has 1 atom stereocenters. The van der Waals surface area contributed by atoms with Crippen molar-refractivity contribution in [3.8, 4) is 17.2 Å². The van der Waals surface area contributed by atoms with Gasteiger partial charge >= 0.3 is 0 Å². The quantitative estimate of drug-likeness (QED) is 0.385. The van der Waals surface area contributed by atoms with Crippen LogP contribution in [0.15, 0.2) is 108 Å². The van der Waals surface area contributed by atoms with Gasteiger partial charge in [-0.2, -0.15) is 5.10 Å². The van der Waals surface area contributed by atoms with E-state index in [9.17, 15) is 0 Å². The molecular weight excluding hydrogens is 426 g/mol. The van der Waals surface area contributed by atoms with Gasteiger partial charge in [0.25, 0.3) is 0 Å². The van der Waals surface area contributed by atoms with Crippen molar-refractivity contribution in [3.05, 3.63) is 114 Å². The topological polar surface area (TPSA) is 46.5 Å². The van der Waals surface area contributed by atoms with Crippen LogP contribution in [0.3, 0.4) is 0 Å². The van der Waals surface area contributed by atoms with Gasteiger partial charge < -0.3 is 14.2 Å². The number of anilines is 2. The predicted octanol–water partition coefficient (Wildman–Crippen LogP) is 5.81. The smallest absolute Gasteiger partial charge is 0.231 e. The number of benzene rings is 4. The average Bonchev–Trinajstić information content (AvgIpc) is 3.54. The second-order valence-corrected chi connectivity index (χ2v) is 8.02. The molecule has 6 nitrogen and oxygen atoms in total. The van der Waals surface area contributed by atoms with Crippen molar-refractivity contribution in [1.29, 1.82) is 0 Å². The molecule has 2 heterocycles. The molecule has 0 aromatic heterocycles. The molecule has 4 aromatic rings. The van der Waals surface area contributed by atoms with Crippen LogP contribution in [0.4, 0.5) is 11.4 Å². The molecule has 4 aromatic carbocycles. The number of nitrogens with zero attached hydrogens (tertiary/aromatic N) is 3. The highest BCUT2D eigenvalue weighted by Gasteiger charge is 2.38. The number of hydrogen-bond acceptors (Lipinski definition) is 6. The second-order valence-electron chi connectivity index (χ2n) is 8.02. The summed E-state index contributed by atoms with van der Waals surface area (Å²) in [6.45, 7) is 0.236. The average molecular weight is 450 g/mol. The van der Waals surface area contributed by atoms with E-state index in [1.54, 1.807) is 7.11 Å². The molecule has 2 aliphatic rings. The van der Waals surface area contributed by atoms with Gasteiger partial charge in [-0.3, -0.25) is 4.90 Å². The van der Waals surface area contributed by atoms with Crippen molar-refractivity contribution in [3.63, 3.8) is 0 Å². The predicted molar refractivity (Wildman–Crippen MR) is 133 cm³/mol. The first kappa shape index (κ1) is 20.2. The molecule has 168 valence electrons. The molecule has 0 spiro atoms. The van der Waals surface area contributed by atoms with Crippen molar-refractivity contribution in [2.24, 2.45) is 5.10 Å². The zero-order valence-electron chi connectivity index (χ0n) is 18.7. The summed E-state index contributed by atoms with van der Waals surface area (Å²) in [6, 6.07) is 34.6. The monoisotopic (exact) mass is 449 g/mol. The SMILES string of the molecule is COc1ccc(N2C(c3ccccc3)=NN(c3ccccc3)C2c2ccc3c(c2)OCO3)cc1. The van der Waals surface area contributed by atoms with Crippen LogP contribution in [-0.4, -0.2) is 19.7 Å². The molecule has 1 unspecified atom stereocenters. The lowest BCUT2D eigenvalue weighted by molar-refractivity contribution is 0.174. The molecule has 0 fully saturated rings. The van der Waals surface area contributed by atoms with Gasteiger partial charge in [0.15, 0.2) is 23.5 Å². The van der Waals surface area contributed by atoms with E-state index in [0.717, 1.165) is 45.6 Å². The first-order valence-electron chi connectivity index (χ1n) is 11.1. The van der Waals surface area contributed by atoms with Crippen LogP contribution in [0.5, 0.6) is 17.2 Å². The third-order valence-electron chi connectivity index (χ3n) is 6.00. The van der Waals surface area contributed by atoms with Crippen LogP contribution < -0.4 is 24.1 Å². The van der Waals surface area contributed by atoms with Gasteiger partial charge in [0.05, 0.1) is 12.8 Å². The Morgan fingerprint density at radius 3 is 2.21 bits per heavy atom. The maximum absolute atomic E-state index is 5.71. The van der Waals surface area contributed by atoms with E-state index in [2.05, 4.69) is 52.4 Å². The van der Waals surface area contributed by atoms with Gasteiger partial charge in [-0.25, -0.2) is 5.01 Å². The molecule has 6 heteroatoms. The third kappa shape index (κ3) is 3.49. The molecule has 0 bridgehead atoms. The van der Waals surface area contributed by atoms with E-state index in [0.29, 0.717) is 0 Å².